The van der Waals surface area contributed by atoms with Crippen LogP contribution in [-0.2, 0) is 0 Å². The quantitative estimate of drug-likeness (QED) is 0.483. The van der Waals surface area contributed by atoms with Crippen molar-refractivity contribution in [3.63, 3.8) is 0 Å². The third kappa shape index (κ3) is 3.85. The van der Waals surface area contributed by atoms with Gasteiger partial charge in [0.25, 0.3) is 0 Å². The zero-order chi connectivity index (χ0) is 21.0. The number of nitrogens with zero attached hydrogens (tertiary/aromatic N) is 5. The summed E-state index contributed by atoms with van der Waals surface area (Å²) in [6.45, 7) is 0. The van der Waals surface area contributed by atoms with Crippen LogP contribution in [0.5, 0.6) is 0 Å². The van der Waals surface area contributed by atoms with Crippen LogP contribution in [0.4, 0.5) is 0 Å². The predicted molar refractivity (Wildman–Crippen MR) is 124 cm³/mol. The molecule has 31 heavy (non-hydrogen) atoms. The van der Waals surface area contributed by atoms with Crippen molar-refractivity contribution in [2.45, 2.75) is 6.17 Å². The fourth-order valence-electron chi connectivity index (χ4n) is 3.70. The van der Waals surface area contributed by atoms with Gasteiger partial charge in [0.05, 0.1) is 0 Å². The molecule has 1 atom stereocenters. The number of pyridine rings is 2. The van der Waals surface area contributed by atoms with Gasteiger partial charge in [0.1, 0.15) is 12.0 Å². The molecule has 2 aromatic carbocycles. The third-order valence-electron chi connectivity index (χ3n) is 5.33. The van der Waals surface area contributed by atoms with Gasteiger partial charge in [0.15, 0.2) is 5.84 Å². The summed E-state index contributed by atoms with van der Waals surface area (Å²) in [6, 6.07) is 26.6. The van der Waals surface area contributed by atoms with Crippen molar-refractivity contribution in [2.24, 2.45) is 9.98 Å². The van der Waals surface area contributed by atoms with Crippen molar-refractivity contribution >= 4 is 11.7 Å². The maximum absolute atomic E-state index is 5.01. The Hall–Kier alpha value is -4.12. The van der Waals surface area contributed by atoms with E-state index >= 15 is 0 Å². The molecule has 0 aliphatic carbocycles. The lowest BCUT2D eigenvalue weighted by atomic mass is 10.0. The molecule has 3 heterocycles. The monoisotopic (exact) mass is 403 g/mol. The fraction of sp³-hybridized carbons (Fsp3) is 0.0769. The van der Waals surface area contributed by atoms with Gasteiger partial charge in [0, 0.05) is 43.0 Å². The number of hydrogen-bond donors (Lipinski definition) is 0. The van der Waals surface area contributed by atoms with E-state index < -0.39 is 0 Å². The lowest BCUT2D eigenvalue weighted by Crippen LogP contribution is -2.35. The van der Waals surface area contributed by atoms with Crippen molar-refractivity contribution < 1.29 is 0 Å². The summed E-state index contributed by atoms with van der Waals surface area (Å²) in [5.41, 5.74) is 5.34. The summed E-state index contributed by atoms with van der Waals surface area (Å²) < 4.78 is 0. The number of hydrogen-bond acceptors (Lipinski definition) is 5. The van der Waals surface area contributed by atoms with Crippen molar-refractivity contribution in [1.29, 1.82) is 0 Å². The first-order chi connectivity index (χ1) is 15.3. The van der Waals surface area contributed by atoms with E-state index in [0.717, 1.165) is 39.5 Å². The SMILES string of the molecule is CN1C(c2ccncc2)=NC(c2ccccc2)=NC1c1ccc(-c2cccnc2)cc1. The first-order valence-corrected chi connectivity index (χ1v) is 10.1. The molecular weight excluding hydrogens is 382 g/mol. The highest BCUT2D eigenvalue weighted by Gasteiger charge is 2.26. The van der Waals surface area contributed by atoms with E-state index in [-0.39, 0.29) is 6.17 Å². The Bertz CT molecular complexity index is 1220. The summed E-state index contributed by atoms with van der Waals surface area (Å²) in [7, 11) is 2.03. The molecule has 0 saturated heterocycles. The average Bonchev–Trinajstić information content (AvgIpc) is 2.86. The number of aromatic nitrogens is 2. The first-order valence-electron chi connectivity index (χ1n) is 10.1. The standard InChI is InChI=1S/C26H21N5/c1-31-25(21-11-9-19(10-12-21)23-8-5-15-28-18-23)29-24(20-6-3-2-4-7-20)30-26(31)22-13-16-27-17-14-22/h2-18,25H,1H3. The molecular formula is C26H21N5. The van der Waals surface area contributed by atoms with E-state index in [2.05, 4.69) is 45.2 Å². The number of rotatable bonds is 4. The van der Waals surface area contributed by atoms with Crippen LogP contribution in [0.2, 0.25) is 0 Å². The van der Waals surface area contributed by atoms with Crippen LogP contribution in [-0.4, -0.2) is 33.6 Å². The van der Waals surface area contributed by atoms with Crippen LogP contribution in [0.15, 0.2) is 114 Å². The van der Waals surface area contributed by atoms with Crippen molar-refractivity contribution in [1.82, 2.24) is 14.9 Å². The highest BCUT2D eigenvalue weighted by molar-refractivity contribution is 6.12. The summed E-state index contributed by atoms with van der Waals surface area (Å²) >= 11 is 0. The second-order valence-corrected chi connectivity index (χ2v) is 7.34. The molecule has 5 nitrogen and oxygen atoms in total. The molecule has 0 N–H and O–H groups in total. The van der Waals surface area contributed by atoms with Crippen LogP contribution in [0.3, 0.4) is 0 Å². The number of aliphatic imine (C=N–C) groups is 2. The minimum Gasteiger partial charge on any atom is -0.333 e. The fourth-order valence-corrected chi connectivity index (χ4v) is 3.70. The normalized spacial score (nSPS) is 15.9. The van der Waals surface area contributed by atoms with Gasteiger partial charge in [-0.15, -0.1) is 0 Å². The molecule has 4 aromatic rings. The molecule has 0 amide bonds. The van der Waals surface area contributed by atoms with E-state index in [0.29, 0.717) is 0 Å². The minimum absolute atomic E-state index is 0.182. The average molecular weight is 403 g/mol. The van der Waals surface area contributed by atoms with E-state index in [9.17, 15) is 0 Å². The molecule has 5 heteroatoms. The van der Waals surface area contributed by atoms with Gasteiger partial charge >= 0.3 is 0 Å². The van der Waals surface area contributed by atoms with E-state index in [1.165, 1.54) is 0 Å². The Morgan fingerprint density at radius 3 is 2.10 bits per heavy atom. The van der Waals surface area contributed by atoms with Gasteiger partial charge in [-0.05, 0) is 34.9 Å². The predicted octanol–water partition coefficient (Wildman–Crippen LogP) is 4.98. The van der Waals surface area contributed by atoms with Crippen LogP contribution in [0.1, 0.15) is 22.9 Å². The topological polar surface area (TPSA) is 53.7 Å². The molecule has 0 bridgehead atoms. The Labute approximate surface area is 181 Å². The van der Waals surface area contributed by atoms with Gasteiger partial charge in [0.2, 0.25) is 0 Å². The van der Waals surface area contributed by atoms with Crippen molar-refractivity contribution in [3.05, 3.63) is 120 Å². The number of amidine groups is 2. The molecule has 5 rings (SSSR count). The Balaban J connectivity index is 1.56. The van der Waals surface area contributed by atoms with Gasteiger partial charge in [-0.1, -0.05) is 60.7 Å². The third-order valence-corrected chi connectivity index (χ3v) is 5.33. The van der Waals surface area contributed by atoms with Gasteiger partial charge in [-0.25, -0.2) is 9.98 Å². The van der Waals surface area contributed by atoms with Gasteiger partial charge in [-0.3, -0.25) is 9.97 Å². The lowest BCUT2D eigenvalue weighted by molar-refractivity contribution is 0.383. The molecule has 0 spiro atoms. The molecule has 1 aliphatic heterocycles. The lowest BCUT2D eigenvalue weighted by Gasteiger charge is -2.32. The Morgan fingerprint density at radius 2 is 1.39 bits per heavy atom. The maximum Gasteiger partial charge on any atom is 0.159 e. The largest absolute Gasteiger partial charge is 0.333 e. The van der Waals surface area contributed by atoms with Crippen LogP contribution in [0.25, 0.3) is 11.1 Å². The second-order valence-electron chi connectivity index (χ2n) is 7.34. The summed E-state index contributed by atoms with van der Waals surface area (Å²) in [4.78, 5) is 20.4. The molecule has 2 aromatic heterocycles. The van der Waals surface area contributed by atoms with Crippen molar-refractivity contribution in [3.8, 4) is 11.1 Å². The molecule has 0 fully saturated rings. The maximum atomic E-state index is 5.01. The van der Waals surface area contributed by atoms with Crippen molar-refractivity contribution in [2.75, 3.05) is 7.05 Å². The zero-order valence-corrected chi connectivity index (χ0v) is 17.1. The summed E-state index contributed by atoms with van der Waals surface area (Å²) in [6.07, 6.45) is 7.06. The molecule has 150 valence electrons. The van der Waals surface area contributed by atoms with E-state index in [1.807, 2.05) is 61.8 Å². The Kier molecular flexibility index (Phi) is 5.07. The highest BCUT2D eigenvalue weighted by atomic mass is 15.3. The second kappa shape index (κ2) is 8.32. The molecule has 1 unspecified atom stereocenters. The van der Waals surface area contributed by atoms with Gasteiger partial charge < -0.3 is 4.90 Å². The van der Waals surface area contributed by atoms with Crippen LogP contribution < -0.4 is 0 Å². The van der Waals surface area contributed by atoms with E-state index in [1.54, 1.807) is 18.6 Å². The van der Waals surface area contributed by atoms with E-state index in [4.69, 9.17) is 9.98 Å². The Morgan fingerprint density at radius 1 is 0.645 bits per heavy atom. The molecule has 1 aliphatic rings. The smallest absolute Gasteiger partial charge is 0.159 e. The van der Waals surface area contributed by atoms with Gasteiger partial charge in [-0.2, -0.15) is 0 Å². The number of benzene rings is 2. The van der Waals surface area contributed by atoms with Crippen LogP contribution >= 0.6 is 0 Å². The molecule has 0 radical (unpaired) electrons. The minimum atomic E-state index is -0.182. The zero-order valence-electron chi connectivity index (χ0n) is 17.1. The van der Waals surface area contributed by atoms with Crippen LogP contribution in [0, 0.1) is 0 Å². The summed E-state index contributed by atoms with van der Waals surface area (Å²) in [5.74, 6) is 1.60. The highest BCUT2D eigenvalue weighted by Crippen LogP contribution is 2.30. The molecule has 0 saturated carbocycles. The summed E-state index contributed by atoms with van der Waals surface area (Å²) in [5, 5.41) is 0. The first kappa shape index (κ1) is 18.9.